The van der Waals surface area contributed by atoms with E-state index in [-0.39, 0.29) is 30.8 Å². The van der Waals surface area contributed by atoms with Crippen molar-refractivity contribution in [3.05, 3.63) is 65.5 Å². The smallest absolute Gasteiger partial charge is 0.261 e. The van der Waals surface area contributed by atoms with Crippen LogP contribution in [-0.4, -0.2) is 40.7 Å². The number of imide groups is 1. The summed E-state index contributed by atoms with van der Waals surface area (Å²) in [6.45, 7) is 0.343. The Balaban J connectivity index is 1.61. The lowest BCUT2D eigenvalue weighted by atomic mass is 10.1. The number of pyridine rings is 1. The van der Waals surface area contributed by atoms with Gasteiger partial charge in [-0.05, 0) is 24.3 Å². The average Bonchev–Trinajstić information content (AvgIpc) is 2.81. The summed E-state index contributed by atoms with van der Waals surface area (Å²) in [6, 6.07) is 9.89. The Morgan fingerprint density at radius 3 is 2.18 bits per heavy atom. The third-order valence-electron chi connectivity index (χ3n) is 3.44. The highest BCUT2D eigenvalue weighted by Gasteiger charge is 2.34. The monoisotopic (exact) mass is 295 g/mol. The molecule has 3 rings (SSSR count). The zero-order valence-electron chi connectivity index (χ0n) is 11.7. The van der Waals surface area contributed by atoms with Crippen LogP contribution in [0.2, 0.25) is 0 Å². The number of fused-ring (bicyclic) bond motifs is 1. The van der Waals surface area contributed by atoms with E-state index in [0.717, 1.165) is 4.90 Å². The summed E-state index contributed by atoms with van der Waals surface area (Å²) in [5, 5.41) is 2.68. The van der Waals surface area contributed by atoms with Crippen LogP contribution in [0.15, 0.2) is 48.8 Å². The number of nitrogens with one attached hydrogen (secondary N) is 1. The van der Waals surface area contributed by atoms with Gasteiger partial charge in [-0.1, -0.05) is 12.1 Å². The number of rotatable bonds is 4. The average molecular weight is 295 g/mol. The van der Waals surface area contributed by atoms with Gasteiger partial charge in [0.15, 0.2) is 0 Å². The van der Waals surface area contributed by atoms with Gasteiger partial charge in [0.2, 0.25) is 0 Å². The van der Waals surface area contributed by atoms with Crippen LogP contribution < -0.4 is 5.32 Å². The number of aromatic nitrogens is 1. The molecule has 6 nitrogen and oxygen atoms in total. The van der Waals surface area contributed by atoms with Crippen molar-refractivity contribution in [1.29, 1.82) is 0 Å². The second-order valence-corrected chi connectivity index (χ2v) is 4.80. The predicted molar refractivity (Wildman–Crippen MR) is 78.4 cm³/mol. The fourth-order valence-corrected chi connectivity index (χ4v) is 2.33. The maximum absolute atomic E-state index is 12.1. The minimum absolute atomic E-state index is 0.142. The first-order valence-electron chi connectivity index (χ1n) is 6.82. The van der Waals surface area contributed by atoms with Crippen molar-refractivity contribution in [2.75, 3.05) is 13.1 Å². The molecule has 2 aromatic rings. The minimum Gasteiger partial charge on any atom is -0.350 e. The van der Waals surface area contributed by atoms with Crippen LogP contribution >= 0.6 is 0 Å². The molecule has 0 aliphatic carbocycles. The van der Waals surface area contributed by atoms with Crippen LogP contribution in [0.1, 0.15) is 31.1 Å². The summed E-state index contributed by atoms with van der Waals surface area (Å²) >= 11 is 0. The van der Waals surface area contributed by atoms with Crippen molar-refractivity contribution in [3.8, 4) is 0 Å². The number of benzene rings is 1. The first kappa shape index (κ1) is 13.9. The van der Waals surface area contributed by atoms with Gasteiger partial charge < -0.3 is 5.32 Å². The van der Waals surface area contributed by atoms with E-state index >= 15 is 0 Å². The van der Waals surface area contributed by atoms with Crippen molar-refractivity contribution in [2.24, 2.45) is 0 Å². The zero-order chi connectivity index (χ0) is 15.5. The summed E-state index contributed by atoms with van der Waals surface area (Å²) in [4.78, 5) is 41.1. The fourth-order valence-electron chi connectivity index (χ4n) is 2.33. The molecule has 22 heavy (non-hydrogen) atoms. The van der Waals surface area contributed by atoms with Crippen molar-refractivity contribution in [1.82, 2.24) is 15.2 Å². The second-order valence-electron chi connectivity index (χ2n) is 4.80. The van der Waals surface area contributed by atoms with Crippen LogP contribution in [-0.2, 0) is 0 Å². The fraction of sp³-hybridized carbons (Fsp3) is 0.125. The van der Waals surface area contributed by atoms with Gasteiger partial charge in [-0.2, -0.15) is 0 Å². The summed E-state index contributed by atoms with van der Waals surface area (Å²) in [5.74, 6) is -0.906. The maximum Gasteiger partial charge on any atom is 0.261 e. The van der Waals surface area contributed by atoms with E-state index in [0.29, 0.717) is 16.7 Å². The molecule has 0 spiro atoms. The van der Waals surface area contributed by atoms with Gasteiger partial charge in [0, 0.05) is 31.0 Å². The van der Waals surface area contributed by atoms with Gasteiger partial charge in [-0.25, -0.2) is 0 Å². The lowest BCUT2D eigenvalue weighted by Gasteiger charge is -2.14. The summed E-state index contributed by atoms with van der Waals surface area (Å²) < 4.78 is 0. The molecule has 0 bridgehead atoms. The Labute approximate surface area is 126 Å². The van der Waals surface area contributed by atoms with E-state index in [2.05, 4.69) is 10.3 Å². The molecule has 1 aromatic heterocycles. The highest BCUT2D eigenvalue weighted by Crippen LogP contribution is 2.21. The van der Waals surface area contributed by atoms with Crippen LogP contribution in [0.4, 0.5) is 0 Å². The Hall–Kier alpha value is -3.02. The largest absolute Gasteiger partial charge is 0.350 e. The summed E-state index contributed by atoms with van der Waals surface area (Å²) in [6.07, 6.45) is 3.05. The molecular formula is C16H13N3O3. The molecule has 1 N–H and O–H groups in total. The molecule has 0 radical (unpaired) electrons. The van der Waals surface area contributed by atoms with E-state index in [9.17, 15) is 14.4 Å². The molecule has 1 aromatic carbocycles. The molecule has 6 heteroatoms. The van der Waals surface area contributed by atoms with E-state index in [1.807, 2.05) is 0 Å². The lowest BCUT2D eigenvalue weighted by molar-refractivity contribution is 0.0650. The van der Waals surface area contributed by atoms with Gasteiger partial charge in [0.1, 0.15) is 0 Å². The highest BCUT2D eigenvalue weighted by atomic mass is 16.2. The molecule has 0 atom stereocenters. The number of nitrogens with zero attached hydrogens (tertiary/aromatic N) is 2. The third-order valence-corrected chi connectivity index (χ3v) is 3.44. The second kappa shape index (κ2) is 5.77. The third kappa shape index (κ3) is 2.46. The predicted octanol–water partition coefficient (Wildman–Crippen LogP) is 1.11. The first-order valence-corrected chi connectivity index (χ1v) is 6.82. The van der Waals surface area contributed by atoms with Gasteiger partial charge in [0.05, 0.1) is 11.1 Å². The highest BCUT2D eigenvalue weighted by molar-refractivity contribution is 6.21. The topological polar surface area (TPSA) is 79.4 Å². The molecule has 1 aliphatic rings. The number of hydrogen-bond donors (Lipinski definition) is 1. The minimum atomic E-state index is -0.321. The first-order chi connectivity index (χ1) is 10.7. The Morgan fingerprint density at radius 1 is 1.00 bits per heavy atom. The van der Waals surface area contributed by atoms with Crippen molar-refractivity contribution in [3.63, 3.8) is 0 Å². The normalized spacial score (nSPS) is 13.2. The van der Waals surface area contributed by atoms with Crippen LogP contribution in [0, 0.1) is 0 Å². The van der Waals surface area contributed by atoms with Gasteiger partial charge in [-0.3, -0.25) is 24.3 Å². The Kier molecular flexibility index (Phi) is 3.65. The summed E-state index contributed by atoms with van der Waals surface area (Å²) in [5.41, 5.74) is 1.30. The number of carbonyl (C=O) groups is 3. The van der Waals surface area contributed by atoms with Crippen LogP contribution in [0.5, 0.6) is 0 Å². The number of hydrogen-bond acceptors (Lipinski definition) is 4. The van der Waals surface area contributed by atoms with Crippen LogP contribution in [0.3, 0.4) is 0 Å². The van der Waals surface area contributed by atoms with E-state index in [1.165, 1.54) is 12.4 Å². The maximum atomic E-state index is 12.1. The van der Waals surface area contributed by atoms with Crippen LogP contribution in [0.25, 0.3) is 0 Å². The molecule has 0 fully saturated rings. The number of amides is 3. The molecule has 110 valence electrons. The van der Waals surface area contributed by atoms with Crippen molar-refractivity contribution >= 4 is 17.7 Å². The SMILES string of the molecule is O=C(NCCN1C(=O)c2ccccc2C1=O)c1ccncc1. The van der Waals surface area contributed by atoms with Crippen molar-refractivity contribution < 1.29 is 14.4 Å². The lowest BCUT2D eigenvalue weighted by Crippen LogP contribution is -2.38. The molecule has 2 heterocycles. The Bertz CT molecular complexity index is 708. The molecule has 0 saturated heterocycles. The Morgan fingerprint density at radius 2 is 1.59 bits per heavy atom. The molecule has 1 aliphatic heterocycles. The molecule has 0 saturated carbocycles. The van der Waals surface area contributed by atoms with E-state index in [4.69, 9.17) is 0 Å². The summed E-state index contributed by atoms with van der Waals surface area (Å²) in [7, 11) is 0. The van der Waals surface area contributed by atoms with Crippen molar-refractivity contribution in [2.45, 2.75) is 0 Å². The van der Waals surface area contributed by atoms with Gasteiger partial charge in [-0.15, -0.1) is 0 Å². The van der Waals surface area contributed by atoms with Gasteiger partial charge in [0.25, 0.3) is 17.7 Å². The standard InChI is InChI=1S/C16H13N3O3/c20-14(11-5-7-17-8-6-11)18-9-10-19-15(21)12-3-1-2-4-13(12)16(19)22/h1-8H,9-10H2,(H,18,20). The number of carbonyl (C=O) groups excluding carboxylic acids is 3. The zero-order valence-corrected chi connectivity index (χ0v) is 11.7. The van der Waals surface area contributed by atoms with E-state index < -0.39 is 0 Å². The molecular weight excluding hydrogens is 282 g/mol. The van der Waals surface area contributed by atoms with E-state index in [1.54, 1.807) is 36.4 Å². The van der Waals surface area contributed by atoms with Gasteiger partial charge >= 0.3 is 0 Å². The molecule has 0 unspecified atom stereocenters. The molecule has 3 amide bonds. The quantitative estimate of drug-likeness (QED) is 0.857.